The molecule has 152 valence electrons. The SMILES string of the molecule is CCCn1c(-c2cnn(-c3ccccc3)c2)c([N+](=O)[O-])c(=O)n(CCOC)c1=O. The number of hydrogen-bond donors (Lipinski definition) is 0. The smallest absolute Gasteiger partial charge is 0.358 e. The summed E-state index contributed by atoms with van der Waals surface area (Å²) in [6, 6.07) is 9.18. The van der Waals surface area contributed by atoms with Gasteiger partial charge in [0.2, 0.25) is 0 Å². The van der Waals surface area contributed by atoms with E-state index in [1.807, 2.05) is 37.3 Å². The fourth-order valence-electron chi connectivity index (χ4n) is 3.12. The Kier molecular flexibility index (Phi) is 6.03. The third-order valence-electron chi connectivity index (χ3n) is 4.43. The Bertz CT molecular complexity index is 1130. The van der Waals surface area contributed by atoms with E-state index in [1.54, 1.807) is 6.20 Å². The largest absolute Gasteiger partial charge is 0.383 e. The standard InChI is InChI=1S/C19H21N5O5/c1-3-9-21-16(14-12-20-23(13-14)15-7-5-4-6-8-15)17(24(27)28)18(25)22(19(21)26)10-11-29-2/h4-8,12-13H,3,9-11H2,1-2H3. The zero-order chi connectivity index (χ0) is 21.0. The average molecular weight is 399 g/mol. The van der Waals surface area contributed by atoms with Gasteiger partial charge in [-0.05, 0) is 18.6 Å². The van der Waals surface area contributed by atoms with Gasteiger partial charge in [-0.2, -0.15) is 5.10 Å². The highest BCUT2D eigenvalue weighted by molar-refractivity contribution is 5.68. The Balaban J connectivity index is 2.27. The van der Waals surface area contributed by atoms with Crippen molar-refractivity contribution in [1.29, 1.82) is 0 Å². The van der Waals surface area contributed by atoms with Crippen LogP contribution in [-0.2, 0) is 17.8 Å². The number of rotatable bonds is 8. The van der Waals surface area contributed by atoms with Crippen LogP contribution in [0.5, 0.6) is 0 Å². The third-order valence-corrected chi connectivity index (χ3v) is 4.43. The monoisotopic (exact) mass is 399 g/mol. The molecule has 0 saturated carbocycles. The van der Waals surface area contributed by atoms with E-state index < -0.39 is 21.9 Å². The molecule has 0 aliphatic carbocycles. The molecule has 0 atom stereocenters. The van der Waals surface area contributed by atoms with Gasteiger partial charge in [-0.3, -0.25) is 24.0 Å². The molecule has 0 unspecified atom stereocenters. The summed E-state index contributed by atoms with van der Waals surface area (Å²) in [6.45, 7) is 2.09. The molecule has 0 amide bonds. The minimum Gasteiger partial charge on any atom is -0.383 e. The van der Waals surface area contributed by atoms with E-state index in [9.17, 15) is 19.7 Å². The average Bonchev–Trinajstić information content (AvgIpc) is 3.20. The molecule has 0 N–H and O–H groups in total. The van der Waals surface area contributed by atoms with Crippen LogP contribution < -0.4 is 11.2 Å². The fraction of sp³-hybridized carbons (Fsp3) is 0.316. The fourth-order valence-corrected chi connectivity index (χ4v) is 3.12. The van der Waals surface area contributed by atoms with Gasteiger partial charge in [0.1, 0.15) is 5.69 Å². The zero-order valence-corrected chi connectivity index (χ0v) is 16.1. The molecule has 0 spiro atoms. The van der Waals surface area contributed by atoms with E-state index in [0.717, 1.165) is 10.3 Å². The summed E-state index contributed by atoms with van der Waals surface area (Å²) in [7, 11) is 1.43. The highest BCUT2D eigenvalue weighted by atomic mass is 16.6. The summed E-state index contributed by atoms with van der Waals surface area (Å²) >= 11 is 0. The van der Waals surface area contributed by atoms with Crippen LogP contribution in [-0.4, -0.2) is 37.6 Å². The molecule has 2 aromatic heterocycles. The number of methoxy groups -OCH3 is 1. The second-order valence-electron chi connectivity index (χ2n) is 6.35. The molecule has 0 aliphatic rings. The number of aromatic nitrogens is 4. The van der Waals surface area contributed by atoms with Crippen molar-refractivity contribution in [1.82, 2.24) is 18.9 Å². The van der Waals surface area contributed by atoms with Gasteiger partial charge >= 0.3 is 16.9 Å². The summed E-state index contributed by atoms with van der Waals surface area (Å²) in [5, 5.41) is 16.1. The van der Waals surface area contributed by atoms with Gasteiger partial charge < -0.3 is 4.74 Å². The molecular weight excluding hydrogens is 378 g/mol. The minimum absolute atomic E-state index is 0.0392. The van der Waals surface area contributed by atoms with E-state index in [0.29, 0.717) is 12.0 Å². The van der Waals surface area contributed by atoms with Crippen LogP contribution in [0.2, 0.25) is 0 Å². The van der Waals surface area contributed by atoms with Crippen LogP contribution in [0.1, 0.15) is 13.3 Å². The van der Waals surface area contributed by atoms with Crippen molar-refractivity contribution in [3.8, 4) is 16.9 Å². The molecule has 0 aliphatic heterocycles. The molecule has 0 radical (unpaired) electrons. The predicted octanol–water partition coefficient (Wildman–Crippen LogP) is 1.83. The summed E-state index contributed by atoms with van der Waals surface area (Å²) in [5.74, 6) is 0. The van der Waals surface area contributed by atoms with Gasteiger partial charge in [0, 0.05) is 25.4 Å². The summed E-state index contributed by atoms with van der Waals surface area (Å²) < 4.78 is 8.59. The molecule has 3 aromatic rings. The first-order valence-corrected chi connectivity index (χ1v) is 9.11. The number of hydrogen-bond acceptors (Lipinski definition) is 6. The van der Waals surface area contributed by atoms with Gasteiger partial charge in [-0.15, -0.1) is 0 Å². The van der Waals surface area contributed by atoms with Crippen LogP contribution >= 0.6 is 0 Å². The summed E-state index contributed by atoms with van der Waals surface area (Å²) in [6.07, 6.45) is 3.54. The van der Waals surface area contributed by atoms with Gasteiger partial charge in [0.15, 0.2) is 0 Å². The Morgan fingerprint density at radius 2 is 1.86 bits per heavy atom. The lowest BCUT2D eigenvalue weighted by atomic mass is 10.2. The first-order chi connectivity index (χ1) is 14.0. The molecule has 1 aromatic carbocycles. The lowest BCUT2D eigenvalue weighted by Gasteiger charge is -2.14. The molecule has 0 bridgehead atoms. The van der Waals surface area contributed by atoms with Crippen molar-refractivity contribution < 1.29 is 9.66 Å². The van der Waals surface area contributed by atoms with Crippen molar-refractivity contribution in [3.63, 3.8) is 0 Å². The summed E-state index contributed by atoms with van der Waals surface area (Å²) in [4.78, 5) is 36.8. The number of para-hydroxylation sites is 1. The van der Waals surface area contributed by atoms with Crippen molar-refractivity contribution in [2.24, 2.45) is 0 Å². The summed E-state index contributed by atoms with van der Waals surface area (Å²) in [5.41, 5.74) is -1.18. The number of nitro groups is 1. The maximum absolute atomic E-state index is 13.0. The highest BCUT2D eigenvalue weighted by Crippen LogP contribution is 2.26. The molecule has 2 heterocycles. The van der Waals surface area contributed by atoms with Gasteiger partial charge in [-0.1, -0.05) is 25.1 Å². The highest BCUT2D eigenvalue weighted by Gasteiger charge is 2.29. The number of nitrogens with zero attached hydrogens (tertiary/aromatic N) is 5. The Morgan fingerprint density at radius 1 is 1.14 bits per heavy atom. The van der Waals surface area contributed by atoms with Crippen molar-refractivity contribution in [3.05, 3.63) is 73.7 Å². The molecule has 10 heteroatoms. The van der Waals surface area contributed by atoms with E-state index >= 15 is 0 Å². The van der Waals surface area contributed by atoms with Crippen LogP contribution in [0.15, 0.2) is 52.3 Å². The van der Waals surface area contributed by atoms with Crippen LogP contribution in [0, 0.1) is 10.1 Å². The minimum atomic E-state index is -0.952. The van der Waals surface area contributed by atoms with E-state index in [-0.39, 0.29) is 25.4 Å². The third kappa shape index (κ3) is 3.87. The van der Waals surface area contributed by atoms with Crippen molar-refractivity contribution >= 4 is 5.69 Å². The Morgan fingerprint density at radius 3 is 2.48 bits per heavy atom. The quantitative estimate of drug-likeness (QED) is 0.422. The van der Waals surface area contributed by atoms with Crippen LogP contribution in [0.3, 0.4) is 0 Å². The van der Waals surface area contributed by atoms with Gasteiger partial charge in [0.25, 0.3) is 0 Å². The Hall–Kier alpha value is -3.53. The second kappa shape index (κ2) is 8.65. The molecular formula is C19H21N5O5. The Labute approximate surface area is 165 Å². The van der Waals surface area contributed by atoms with Crippen molar-refractivity contribution in [2.75, 3.05) is 13.7 Å². The molecule has 0 saturated heterocycles. The maximum atomic E-state index is 13.0. The maximum Gasteiger partial charge on any atom is 0.358 e. The number of benzene rings is 1. The van der Waals surface area contributed by atoms with E-state index in [2.05, 4.69) is 5.10 Å². The van der Waals surface area contributed by atoms with E-state index in [4.69, 9.17) is 4.74 Å². The second-order valence-corrected chi connectivity index (χ2v) is 6.35. The van der Waals surface area contributed by atoms with Crippen LogP contribution in [0.25, 0.3) is 16.9 Å². The lowest BCUT2D eigenvalue weighted by Crippen LogP contribution is -2.42. The topological polar surface area (TPSA) is 114 Å². The van der Waals surface area contributed by atoms with Gasteiger partial charge in [0.05, 0.1) is 30.0 Å². The zero-order valence-electron chi connectivity index (χ0n) is 16.1. The number of ether oxygens (including phenoxy) is 1. The van der Waals surface area contributed by atoms with Gasteiger partial charge in [-0.25, -0.2) is 9.48 Å². The lowest BCUT2D eigenvalue weighted by molar-refractivity contribution is -0.386. The van der Waals surface area contributed by atoms with Crippen molar-refractivity contribution in [2.45, 2.75) is 26.4 Å². The molecule has 3 rings (SSSR count). The first kappa shape index (κ1) is 20.2. The molecule has 29 heavy (non-hydrogen) atoms. The van der Waals surface area contributed by atoms with Crippen LogP contribution in [0.4, 0.5) is 5.69 Å². The first-order valence-electron chi connectivity index (χ1n) is 9.11. The van der Waals surface area contributed by atoms with E-state index in [1.165, 1.54) is 22.6 Å². The normalized spacial score (nSPS) is 11.0. The molecule has 10 nitrogen and oxygen atoms in total. The predicted molar refractivity (Wildman–Crippen MR) is 106 cm³/mol. The molecule has 0 fully saturated rings.